The van der Waals surface area contributed by atoms with Crippen LogP contribution in [0.3, 0.4) is 0 Å². The summed E-state index contributed by atoms with van der Waals surface area (Å²) >= 11 is 3.33. The molecule has 2 amide bonds. The number of phenolic OH excluding ortho intramolecular Hbond substituents is 1. The number of β-amino-alcohol motifs (C(OH)–C–C–N with tert-alkyl or cyclic N) is 1. The smallest absolute Gasteiger partial charge is 0.247 e. The fraction of sp³-hybridized carbons (Fsp3) is 0.407. The maximum atomic E-state index is 15.0. The minimum Gasteiger partial charge on any atom is -0.507 e. The molecule has 9 rings (SSSR count). The zero-order valence-corrected chi connectivity index (χ0v) is 42.0. The molecule has 6 heterocycles. The monoisotopic (exact) mass is 951 g/mol. The van der Waals surface area contributed by atoms with Crippen molar-refractivity contribution in [2.24, 2.45) is 11.3 Å². The topological polar surface area (TPSA) is 158 Å². The molecule has 3 N–H and O–H groups in total. The molecular formula is C54H61N7O5S2. The number of aromatic nitrogens is 4. The van der Waals surface area contributed by atoms with Gasteiger partial charge in [0, 0.05) is 59.2 Å². The van der Waals surface area contributed by atoms with E-state index in [2.05, 4.69) is 68.7 Å². The number of para-hydroxylation sites is 1. The summed E-state index contributed by atoms with van der Waals surface area (Å²) in [6, 6.07) is 25.3. The summed E-state index contributed by atoms with van der Waals surface area (Å²) in [5, 5.41) is 39.6. The molecule has 2 aliphatic heterocycles. The lowest BCUT2D eigenvalue weighted by Gasteiger charge is -2.47. The number of anilines is 1. The number of aryl methyl sites for hydroxylation is 3. The van der Waals surface area contributed by atoms with Gasteiger partial charge in [-0.1, -0.05) is 82.2 Å². The Balaban J connectivity index is 0.892. The van der Waals surface area contributed by atoms with Crippen molar-refractivity contribution in [3.8, 4) is 38.7 Å². The highest BCUT2D eigenvalue weighted by Crippen LogP contribution is 2.47. The molecule has 0 aliphatic carbocycles. The predicted molar refractivity (Wildman–Crippen MR) is 271 cm³/mol. The molecule has 354 valence electrons. The summed E-state index contributed by atoms with van der Waals surface area (Å²) in [7, 11) is 0. The third-order valence-corrected chi connectivity index (χ3v) is 16.8. The van der Waals surface area contributed by atoms with Crippen molar-refractivity contribution in [1.29, 1.82) is 0 Å². The number of carbonyl (C=O) groups excluding carboxylic acids is 2. The van der Waals surface area contributed by atoms with E-state index in [1.54, 1.807) is 39.7 Å². The number of hydrogen-bond acceptors (Lipinski definition) is 12. The van der Waals surface area contributed by atoms with Crippen molar-refractivity contribution < 1.29 is 24.3 Å². The number of phenols is 1. The van der Waals surface area contributed by atoms with E-state index < -0.39 is 23.0 Å². The zero-order valence-electron chi connectivity index (χ0n) is 40.3. The molecule has 2 aliphatic rings. The Morgan fingerprint density at radius 1 is 0.912 bits per heavy atom. The number of likely N-dealkylation sites (tertiary alicyclic amines) is 1. The standard InChI is InChI=1S/C54H61N7O5S2/c1-30(2)47(51(64)61-28-39(62)27-54(61,53(7,8)9)52(65)56-33(5)35-14-16-36(17-15-35)49-34(6)55-29-67-49)46-26-42(59-66-46)38-18-19-44(31(3)24-38)60-22-20-37(21-23-60)48-32(4)41-25-43(57-58-50(41)68-48)40-12-10-11-13-45(40)63/h10-19,24-26,29-30,33,37,39,47,62-63H,20-23,27-28H2,1-9H3,(H,56,65)/t33-,39+,47?,54+/m0/s1. The van der Waals surface area contributed by atoms with Crippen LogP contribution in [-0.2, 0) is 9.59 Å². The van der Waals surface area contributed by atoms with E-state index in [1.165, 1.54) is 16.1 Å². The molecule has 4 aromatic heterocycles. The highest BCUT2D eigenvalue weighted by atomic mass is 32.1. The molecule has 1 unspecified atom stereocenters. The Morgan fingerprint density at radius 2 is 1.63 bits per heavy atom. The lowest BCUT2D eigenvalue weighted by Crippen LogP contribution is -2.65. The Bertz CT molecular complexity index is 2980. The van der Waals surface area contributed by atoms with Crippen molar-refractivity contribution in [3.63, 3.8) is 0 Å². The predicted octanol–water partition coefficient (Wildman–Crippen LogP) is 11.1. The molecule has 0 radical (unpaired) electrons. The summed E-state index contributed by atoms with van der Waals surface area (Å²) in [5.74, 6) is -0.465. The number of aromatic hydroxyl groups is 1. The Morgan fingerprint density at radius 3 is 2.29 bits per heavy atom. The molecule has 2 saturated heterocycles. The third-order valence-electron chi connectivity index (χ3n) is 14.4. The molecule has 0 saturated carbocycles. The molecule has 3 aromatic carbocycles. The van der Waals surface area contributed by atoms with Crippen molar-refractivity contribution in [1.82, 2.24) is 30.6 Å². The maximum absolute atomic E-state index is 15.0. The highest BCUT2D eigenvalue weighted by Gasteiger charge is 2.60. The number of piperidine rings is 1. The minimum atomic E-state index is -1.33. The molecule has 0 spiro atoms. The van der Waals surface area contributed by atoms with Gasteiger partial charge in [-0.15, -0.1) is 32.9 Å². The molecule has 14 heteroatoms. The molecule has 4 atom stereocenters. The van der Waals surface area contributed by atoms with E-state index in [1.807, 2.05) is 96.4 Å². The van der Waals surface area contributed by atoms with E-state index in [9.17, 15) is 15.0 Å². The van der Waals surface area contributed by atoms with Gasteiger partial charge in [-0.3, -0.25) is 9.59 Å². The van der Waals surface area contributed by atoms with Crippen LogP contribution >= 0.6 is 22.7 Å². The zero-order chi connectivity index (χ0) is 48.2. The van der Waals surface area contributed by atoms with Crippen molar-refractivity contribution in [2.45, 2.75) is 111 Å². The van der Waals surface area contributed by atoms with Crippen LogP contribution in [0, 0.1) is 32.1 Å². The number of benzene rings is 3. The number of carbonyl (C=O) groups is 2. The van der Waals surface area contributed by atoms with Gasteiger partial charge < -0.3 is 29.9 Å². The van der Waals surface area contributed by atoms with Crippen LogP contribution in [-0.4, -0.2) is 78.5 Å². The summed E-state index contributed by atoms with van der Waals surface area (Å²) < 4.78 is 6.04. The van der Waals surface area contributed by atoms with Crippen LogP contribution in [0.15, 0.2) is 88.9 Å². The average Bonchev–Trinajstić information content (AvgIpc) is 4.12. The normalized spacial score (nSPS) is 19.0. The van der Waals surface area contributed by atoms with Crippen LogP contribution in [0.4, 0.5) is 5.69 Å². The maximum Gasteiger partial charge on any atom is 0.247 e. The van der Waals surface area contributed by atoms with Gasteiger partial charge in [0.15, 0.2) is 0 Å². The molecule has 12 nitrogen and oxygen atoms in total. The van der Waals surface area contributed by atoms with E-state index in [-0.39, 0.29) is 42.5 Å². The first-order valence-electron chi connectivity index (χ1n) is 23.6. The first kappa shape index (κ1) is 47.1. The van der Waals surface area contributed by atoms with Gasteiger partial charge in [-0.2, -0.15) is 0 Å². The van der Waals surface area contributed by atoms with E-state index in [0.29, 0.717) is 28.6 Å². The Labute approximate surface area is 406 Å². The number of thiazole rings is 1. The summed E-state index contributed by atoms with van der Waals surface area (Å²) in [4.78, 5) is 41.7. The molecule has 68 heavy (non-hydrogen) atoms. The minimum absolute atomic E-state index is 0.0308. The van der Waals surface area contributed by atoms with Crippen LogP contribution < -0.4 is 10.2 Å². The second-order valence-corrected chi connectivity index (χ2v) is 22.0. The van der Waals surface area contributed by atoms with Crippen LogP contribution in [0.2, 0.25) is 0 Å². The largest absolute Gasteiger partial charge is 0.507 e. The number of aliphatic hydroxyl groups excluding tert-OH is 1. The van der Waals surface area contributed by atoms with Crippen LogP contribution in [0.25, 0.3) is 43.2 Å². The van der Waals surface area contributed by atoms with Crippen LogP contribution in [0.5, 0.6) is 5.75 Å². The van der Waals surface area contributed by atoms with E-state index >= 15 is 4.79 Å². The van der Waals surface area contributed by atoms with Gasteiger partial charge in [0.2, 0.25) is 11.8 Å². The van der Waals surface area contributed by atoms with Gasteiger partial charge in [-0.25, -0.2) is 4.98 Å². The van der Waals surface area contributed by atoms with Gasteiger partial charge in [0.25, 0.3) is 0 Å². The first-order chi connectivity index (χ1) is 32.4. The van der Waals surface area contributed by atoms with Crippen molar-refractivity contribution in [2.75, 3.05) is 24.5 Å². The number of rotatable bonds is 11. The van der Waals surface area contributed by atoms with Gasteiger partial charge in [0.1, 0.15) is 33.5 Å². The lowest BCUT2D eigenvalue weighted by molar-refractivity contribution is -0.154. The number of hydrogen-bond donors (Lipinski definition) is 3. The quantitative estimate of drug-likeness (QED) is 0.114. The first-order valence-corrected chi connectivity index (χ1v) is 25.3. The number of thiophene rings is 1. The van der Waals surface area contributed by atoms with Gasteiger partial charge in [0.05, 0.1) is 33.9 Å². The number of nitrogens with one attached hydrogen (secondary N) is 1. The van der Waals surface area contributed by atoms with Gasteiger partial charge in [-0.05, 0) is 110 Å². The average molecular weight is 952 g/mol. The Kier molecular flexibility index (Phi) is 12.8. The molecule has 7 aromatic rings. The number of amides is 2. The summed E-state index contributed by atoms with van der Waals surface area (Å²) in [6.45, 7) is 19.9. The number of nitrogens with zero attached hydrogens (tertiary/aromatic N) is 6. The second kappa shape index (κ2) is 18.5. The Hall–Kier alpha value is -5.96. The number of fused-ring (bicyclic) bond motifs is 1. The fourth-order valence-corrected chi connectivity index (χ4v) is 12.7. The van der Waals surface area contributed by atoms with Crippen molar-refractivity contribution >= 4 is 50.4 Å². The van der Waals surface area contributed by atoms with E-state index in [4.69, 9.17) is 4.52 Å². The highest BCUT2D eigenvalue weighted by molar-refractivity contribution is 7.19. The van der Waals surface area contributed by atoms with Gasteiger partial charge >= 0.3 is 0 Å². The summed E-state index contributed by atoms with van der Waals surface area (Å²) in [5.41, 5.74) is 9.18. The molecular weight excluding hydrogens is 891 g/mol. The van der Waals surface area contributed by atoms with Crippen molar-refractivity contribution in [3.05, 3.63) is 117 Å². The molecule has 2 fully saturated rings. The third kappa shape index (κ3) is 8.60. The van der Waals surface area contributed by atoms with Crippen LogP contribution in [0.1, 0.15) is 112 Å². The fourth-order valence-electron chi connectivity index (χ4n) is 10.6. The SMILES string of the molecule is Cc1cc(-c2cc(C(C(=O)N3C[C@H](O)C[C@@]3(C(=O)N[C@@H](C)c3ccc(-c4scnc4C)cc3)C(C)(C)C)C(C)C)on2)ccc1N1CCC(c2sc3nnc(-c4ccccc4O)cc3c2C)CC1. The second-order valence-electron chi connectivity index (χ2n) is 20.2. The summed E-state index contributed by atoms with van der Waals surface area (Å²) in [6.07, 6.45) is 1.26. The lowest BCUT2D eigenvalue weighted by atomic mass is 9.70. The van der Waals surface area contributed by atoms with E-state index in [0.717, 1.165) is 69.0 Å². The number of aliphatic hydroxyl groups is 1. The molecule has 0 bridgehead atoms.